The van der Waals surface area contributed by atoms with Crippen molar-refractivity contribution in [2.75, 3.05) is 0 Å². The van der Waals surface area contributed by atoms with Crippen molar-refractivity contribution in [2.24, 2.45) is 14.1 Å². The maximum Gasteiger partial charge on any atom is 0.258 e. The number of carbonyl (C=O) groups excluding carboxylic acids is 2. The number of nitrogens with zero attached hydrogens (tertiary/aromatic N) is 2. The first-order valence-electron chi connectivity index (χ1n) is 11.6. The SMILES string of the molecule is Cc1c2cc(-c3ccc(C4=C5C(=O)NC(c6cccs6)=C5C(=O)N4)s3)n(C)c2c(C)c2ccn(C)c12. The Balaban J connectivity index is 1.37. The van der Waals surface area contributed by atoms with Gasteiger partial charge in [-0.25, -0.2) is 0 Å². The minimum Gasteiger partial charge on any atom is -0.350 e. The first-order chi connectivity index (χ1) is 17.3. The van der Waals surface area contributed by atoms with Crippen LogP contribution in [0.15, 0.2) is 59.1 Å². The van der Waals surface area contributed by atoms with E-state index < -0.39 is 0 Å². The normalized spacial score (nSPS) is 15.6. The minimum absolute atomic E-state index is 0.237. The van der Waals surface area contributed by atoms with Gasteiger partial charge in [0.15, 0.2) is 0 Å². The molecule has 1 aromatic carbocycles. The van der Waals surface area contributed by atoms with Crippen LogP contribution in [-0.2, 0) is 23.7 Å². The fraction of sp³-hybridized carbons (Fsp3) is 0.143. The molecule has 178 valence electrons. The van der Waals surface area contributed by atoms with Gasteiger partial charge in [-0.1, -0.05) is 6.07 Å². The van der Waals surface area contributed by atoms with Crippen molar-refractivity contribution in [3.63, 3.8) is 0 Å². The van der Waals surface area contributed by atoms with Gasteiger partial charge in [-0.05, 0) is 60.7 Å². The quantitative estimate of drug-likeness (QED) is 0.339. The monoisotopic (exact) mass is 510 g/mol. The Labute approximate surface area is 215 Å². The number of aromatic nitrogens is 2. The van der Waals surface area contributed by atoms with Crippen molar-refractivity contribution >= 4 is 67.7 Å². The third-order valence-electron chi connectivity index (χ3n) is 7.38. The topological polar surface area (TPSA) is 68.1 Å². The Morgan fingerprint density at radius 3 is 2.14 bits per heavy atom. The van der Waals surface area contributed by atoms with Gasteiger partial charge in [-0.3, -0.25) is 9.59 Å². The van der Waals surface area contributed by atoms with Crippen LogP contribution in [0.2, 0.25) is 0 Å². The van der Waals surface area contributed by atoms with E-state index in [4.69, 9.17) is 0 Å². The second kappa shape index (κ2) is 7.32. The molecule has 2 N–H and O–H groups in total. The zero-order chi connectivity index (χ0) is 24.9. The van der Waals surface area contributed by atoms with Crippen molar-refractivity contribution in [3.05, 3.63) is 80.0 Å². The molecule has 5 aromatic rings. The maximum absolute atomic E-state index is 12.9. The molecule has 2 amide bonds. The van der Waals surface area contributed by atoms with Gasteiger partial charge in [0.05, 0.1) is 53.9 Å². The fourth-order valence-electron chi connectivity index (χ4n) is 5.71. The Morgan fingerprint density at radius 1 is 0.778 bits per heavy atom. The van der Waals surface area contributed by atoms with Crippen LogP contribution >= 0.6 is 22.7 Å². The van der Waals surface area contributed by atoms with Gasteiger partial charge in [0.25, 0.3) is 11.8 Å². The van der Waals surface area contributed by atoms with Gasteiger partial charge in [0.2, 0.25) is 0 Å². The number of fused-ring (bicyclic) bond motifs is 3. The second-order valence-corrected chi connectivity index (χ2v) is 11.4. The van der Waals surface area contributed by atoms with Crippen LogP contribution in [0.25, 0.3) is 43.8 Å². The predicted octanol–water partition coefficient (Wildman–Crippen LogP) is 5.46. The summed E-state index contributed by atoms with van der Waals surface area (Å²) in [5.41, 5.74) is 8.20. The van der Waals surface area contributed by atoms with E-state index in [1.807, 2.05) is 23.6 Å². The Morgan fingerprint density at radius 2 is 1.44 bits per heavy atom. The number of aryl methyl sites for hydroxylation is 4. The largest absolute Gasteiger partial charge is 0.350 e. The van der Waals surface area contributed by atoms with Crippen molar-refractivity contribution < 1.29 is 9.59 Å². The van der Waals surface area contributed by atoms with Gasteiger partial charge >= 0.3 is 0 Å². The number of benzene rings is 1. The summed E-state index contributed by atoms with van der Waals surface area (Å²) in [7, 11) is 4.20. The summed E-state index contributed by atoms with van der Waals surface area (Å²) in [6.07, 6.45) is 2.12. The Hall–Kier alpha value is -3.88. The average molecular weight is 511 g/mol. The number of rotatable bonds is 3. The molecule has 4 aromatic heterocycles. The highest BCUT2D eigenvalue weighted by Crippen LogP contribution is 2.43. The van der Waals surface area contributed by atoms with E-state index in [2.05, 4.69) is 72.1 Å². The first-order valence-corrected chi connectivity index (χ1v) is 13.3. The molecule has 0 unspecified atom stereocenters. The molecular weight excluding hydrogens is 488 g/mol. The van der Waals surface area contributed by atoms with E-state index >= 15 is 0 Å². The zero-order valence-electron chi connectivity index (χ0n) is 20.1. The molecule has 0 bridgehead atoms. The van der Waals surface area contributed by atoms with Crippen molar-refractivity contribution in [1.29, 1.82) is 0 Å². The molecule has 0 fully saturated rings. The lowest BCUT2D eigenvalue weighted by Crippen LogP contribution is -2.20. The highest BCUT2D eigenvalue weighted by molar-refractivity contribution is 7.16. The van der Waals surface area contributed by atoms with E-state index in [-0.39, 0.29) is 11.8 Å². The molecule has 6 heterocycles. The summed E-state index contributed by atoms with van der Waals surface area (Å²) in [5, 5.41) is 10.3. The lowest BCUT2D eigenvalue weighted by Gasteiger charge is -2.09. The molecule has 0 radical (unpaired) electrons. The van der Waals surface area contributed by atoms with E-state index in [9.17, 15) is 9.59 Å². The molecule has 8 heteroatoms. The molecule has 6 nitrogen and oxygen atoms in total. The summed E-state index contributed by atoms with van der Waals surface area (Å²) in [6.45, 7) is 4.37. The molecule has 7 rings (SSSR count). The summed E-state index contributed by atoms with van der Waals surface area (Å²) < 4.78 is 4.44. The third kappa shape index (κ3) is 2.71. The number of hydrogen-bond donors (Lipinski definition) is 2. The van der Waals surface area contributed by atoms with Gasteiger partial charge in [-0.15, -0.1) is 22.7 Å². The molecule has 0 atom stereocenters. The summed E-state index contributed by atoms with van der Waals surface area (Å²) >= 11 is 3.09. The molecule has 0 saturated heterocycles. The van der Waals surface area contributed by atoms with Gasteiger partial charge in [-0.2, -0.15) is 0 Å². The Kier molecular flexibility index (Phi) is 4.35. The van der Waals surface area contributed by atoms with Crippen molar-refractivity contribution in [2.45, 2.75) is 13.8 Å². The van der Waals surface area contributed by atoms with E-state index in [0.29, 0.717) is 22.5 Å². The van der Waals surface area contributed by atoms with Crippen LogP contribution in [0.3, 0.4) is 0 Å². The summed E-state index contributed by atoms with van der Waals surface area (Å²) in [4.78, 5) is 28.7. The number of hydrogen-bond acceptors (Lipinski definition) is 4. The predicted molar refractivity (Wildman–Crippen MR) is 147 cm³/mol. The van der Waals surface area contributed by atoms with E-state index in [0.717, 1.165) is 20.3 Å². The molecule has 0 aliphatic carbocycles. The number of amides is 2. The van der Waals surface area contributed by atoms with Crippen LogP contribution in [0.1, 0.15) is 20.9 Å². The van der Waals surface area contributed by atoms with Crippen LogP contribution < -0.4 is 10.6 Å². The van der Waals surface area contributed by atoms with Crippen LogP contribution in [0, 0.1) is 13.8 Å². The number of nitrogens with one attached hydrogen (secondary N) is 2. The first kappa shape index (κ1) is 21.4. The van der Waals surface area contributed by atoms with E-state index in [1.54, 1.807) is 11.3 Å². The second-order valence-electron chi connectivity index (χ2n) is 9.34. The molecular formula is C28H22N4O2S2. The Bertz CT molecular complexity index is 1860. The highest BCUT2D eigenvalue weighted by atomic mass is 32.1. The van der Waals surface area contributed by atoms with Gasteiger partial charge < -0.3 is 19.8 Å². The standard InChI is InChI=1S/C28H22N4O2S2/c1-13-15-9-10-31(3)25(15)14(2)16-12-17(32(4)26(13)16)18-7-8-20(36-18)24-22-21(27(33)30-24)23(29-28(22)34)19-6-5-11-35-19/h5-12H,1-4H3,(H,29,34)(H,30,33). The highest BCUT2D eigenvalue weighted by Gasteiger charge is 2.41. The van der Waals surface area contributed by atoms with Gasteiger partial charge in [0, 0.05) is 31.1 Å². The average Bonchev–Trinajstić information content (AvgIpc) is 3.67. The van der Waals surface area contributed by atoms with Crippen LogP contribution in [0.4, 0.5) is 0 Å². The fourth-order valence-corrected chi connectivity index (χ4v) is 7.51. The van der Waals surface area contributed by atoms with E-state index in [1.165, 1.54) is 44.3 Å². The summed E-state index contributed by atoms with van der Waals surface area (Å²) in [6, 6.07) is 12.3. The van der Waals surface area contributed by atoms with Gasteiger partial charge in [0.1, 0.15) is 0 Å². The lowest BCUT2D eigenvalue weighted by atomic mass is 10.0. The molecule has 36 heavy (non-hydrogen) atoms. The van der Waals surface area contributed by atoms with Crippen molar-refractivity contribution in [3.8, 4) is 10.6 Å². The molecule has 0 spiro atoms. The minimum atomic E-state index is -0.237. The molecule has 2 aliphatic rings. The number of carbonyl (C=O) groups is 2. The maximum atomic E-state index is 12.9. The third-order valence-corrected chi connectivity index (χ3v) is 9.39. The summed E-state index contributed by atoms with van der Waals surface area (Å²) in [5.74, 6) is -0.474. The van der Waals surface area contributed by atoms with Crippen LogP contribution in [0.5, 0.6) is 0 Å². The van der Waals surface area contributed by atoms with Crippen molar-refractivity contribution in [1.82, 2.24) is 19.8 Å². The molecule has 2 aliphatic heterocycles. The smallest absolute Gasteiger partial charge is 0.258 e. The number of thiophene rings is 2. The zero-order valence-corrected chi connectivity index (χ0v) is 21.8. The molecule has 0 saturated carbocycles. The van der Waals surface area contributed by atoms with Crippen LogP contribution in [-0.4, -0.2) is 20.9 Å². The lowest BCUT2D eigenvalue weighted by molar-refractivity contribution is -0.117.